The zero-order chi connectivity index (χ0) is 18.6. The van der Waals surface area contributed by atoms with Gasteiger partial charge >= 0.3 is 5.69 Å². The number of Topliss-reactive ketones (excluding diaryl/α,β-unsaturated/α-hetero) is 1. The second-order valence-electron chi connectivity index (χ2n) is 4.93. The summed E-state index contributed by atoms with van der Waals surface area (Å²) in [7, 11) is 1.44. The van der Waals surface area contributed by atoms with Crippen molar-refractivity contribution in [2.75, 3.05) is 26.1 Å². The van der Waals surface area contributed by atoms with Crippen LogP contribution in [0.2, 0.25) is 10.0 Å². The number of benzene rings is 1. The number of para-hydroxylation sites is 1. The van der Waals surface area contributed by atoms with E-state index in [-0.39, 0.29) is 40.3 Å². The molecule has 0 unspecified atom stereocenters. The number of nitrogen functional groups attached to an aromatic ring is 1. The topological polar surface area (TPSA) is 116 Å². The van der Waals surface area contributed by atoms with E-state index in [0.717, 1.165) is 4.57 Å². The number of nitrogens with one attached hydrogen (secondary N) is 1. The Labute approximate surface area is 152 Å². The standard InChI is InChI=1S/C15H15Cl2N3O5/c1-24-6-5-20-13(18)11(14(22)19-15(20)23)10(21)7-25-12-8(16)3-2-4-9(12)17/h2-4H,5-7,18H2,1H3,(H,19,22,23). The fourth-order valence-electron chi connectivity index (χ4n) is 2.09. The average molecular weight is 388 g/mol. The number of nitrogens with two attached hydrogens (primary N) is 1. The van der Waals surface area contributed by atoms with Crippen molar-refractivity contribution >= 4 is 34.8 Å². The number of rotatable bonds is 7. The van der Waals surface area contributed by atoms with Crippen molar-refractivity contribution in [2.24, 2.45) is 0 Å². The number of hydrogen-bond acceptors (Lipinski definition) is 6. The summed E-state index contributed by atoms with van der Waals surface area (Å²) in [6.07, 6.45) is 0. The zero-order valence-electron chi connectivity index (χ0n) is 13.2. The normalized spacial score (nSPS) is 10.7. The molecule has 0 saturated carbocycles. The van der Waals surface area contributed by atoms with Crippen LogP contribution in [0.4, 0.5) is 5.82 Å². The maximum Gasteiger partial charge on any atom is 0.330 e. The molecule has 25 heavy (non-hydrogen) atoms. The number of hydrogen-bond donors (Lipinski definition) is 2. The number of aromatic nitrogens is 2. The molecule has 0 atom stereocenters. The van der Waals surface area contributed by atoms with E-state index in [0.29, 0.717) is 0 Å². The van der Waals surface area contributed by atoms with Crippen LogP contribution in [0.15, 0.2) is 27.8 Å². The smallest absolute Gasteiger partial charge is 0.330 e. The number of H-pyrrole nitrogens is 1. The Morgan fingerprint density at radius 1 is 1.28 bits per heavy atom. The van der Waals surface area contributed by atoms with Crippen molar-refractivity contribution in [2.45, 2.75) is 6.54 Å². The molecule has 0 bridgehead atoms. The third-order valence-electron chi connectivity index (χ3n) is 3.30. The van der Waals surface area contributed by atoms with Gasteiger partial charge in [-0.05, 0) is 12.1 Å². The molecular weight excluding hydrogens is 373 g/mol. The molecule has 0 aliphatic heterocycles. The van der Waals surface area contributed by atoms with Gasteiger partial charge in [0.15, 0.2) is 12.4 Å². The highest BCUT2D eigenvalue weighted by Crippen LogP contribution is 2.32. The van der Waals surface area contributed by atoms with Gasteiger partial charge in [0.1, 0.15) is 11.4 Å². The first-order chi connectivity index (χ1) is 11.9. The van der Waals surface area contributed by atoms with E-state index in [2.05, 4.69) is 0 Å². The van der Waals surface area contributed by atoms with Gasteiger partial charge in [-0.25, -0.2) is 4.79 Å². The van der Waals surface area contributed by atoms with Crippen molar-refractivity contribution < 1.29 is 14.3 Å². The molecule has 10 heteroatoms. The Morgan fingerprint density at radius 3 is 2.52 bits per heavy atom. The summed E-state index contributed by atoms with van der Waals surface area (Å²) < 4.78 is 11.2. The van der Waals surface area contributed by atoms with Gasteiger partial charge in [0.05, 0.1) is 23.2 Å². The van der Waals surface area contributed by atoms with Crippen molar-refractivity contribution in [3.05, 3.63) is 54.6 Å². The molecule has 0 radical (unpaired) electrons. The SMILES string of the molecule is COCCn1c(N)c(C(=O)COc2c(Cl)cccc2Cl)c(=O)[nH]c1=O. The van der Waals surface area contributed by atoms with Crippen LogP contribution >= 0.6 is 23.2 Å². The third kappa shape index (κ3) is 4.22. The number of anilines is 1. The summed E-state index contributed by atoms with van der Waals surface area (Å²) >= 11 is 11.9. The highest BCUT2D eigenvalue weighted by atomic mass is 35.5. The summed E-state index contributed by atoms with van der Waals surface area (Å²) in [5, 5.41) is 0.430. The van der Waals surface area contributed by atoms with Crippen LogP contribution in [0.25, 0.3) is 0 Å². The number of nitrogens with zero attached hydrogens (tertiary/aromatic N) is 1. The third-order valence-corrected chi connectivity index (χ3v) is 3.90. The molecule has 2 aromatic rings. The van der Waals surface area contributed by atoms with Crippen LogP contribution in [-0.2, 0) is 11.3 Å². The minimum Gasteiger partial charge on any atom is -0.482 e. The fourth-order valence-corrected chi connectivity index (χ4v) is 2.60. The molecule has 0 saturated heterocycles. The molecular formula is C15H15Cl2N3O5. The van der Waals surface area contributed by atoms with Crippen LogP contribution in [0.3, 0.4) is 0 Å². The first-order valence-electron chi connectivity index (χ1n) is 7.08. The van der Waals surface area contributed by atoms with Gasteiger partial charge in [0.25, 0.3) is 5.56 Å². The molecule has 3 N–H and O–H groups in total. The van der Waals surface area contributed by atoms with Crippen molar-refractivity contribution in [3.63, 3.8) is 0 Å². The number of carbonyl (C=O) groups excluding carboxylic acids is 1. The summed E-state index contributed by atoms with van der Waals surface area (Å²) in [6, 6.07) is 4.70. The zero-order valence-corrected chi connectivity index (χ0v) is 14.7. The first-order valence-corrected chi connectivity index (χ1v) is 7.84. The van der Waals surface area contributed by atoms with E-state index < -0.39 is 23.6 Å². The number of carbonyl (C=O) groups is 1. The van der Waals surface area contributed by atoms with Crippen LogP contribution in [-0.4, -0.2) is 35.7 Å². The Morgan fingerprint density at radius 2 is 1.92 bits per heavy atom. The molecule has 0 aliphatic rings. The molecule has 0 spiro atoms. The molecule has 1 heterocycles. The maximum atomic E-state index is 12.4. The lowest BCUT2D eigenvalue weighted by Gasteiger charge is -2.13. The summed E-state index contributed by atoms with van der Waals surface area (Å²) in [5.41, 5.74) is 3.81. The molecule has 0 fully saturated rings. The molecule has 1 aromatic carbocycles. The van der Waals surface area contributed by atoms with Gasteiger partial charge in [-0.15, -0.1) is 0 Å². The number of ether oxygens (including phenoxy) is 2. The van der Waals surface area contributed by atoms with E-state index in [4.69, 9.17) is 38.4 Å². The molecule has 1 aromatic heterocycles. The van der Waals surface area contributed by atoms with Crippen molar-refractivity contribution in [3.8, 4) is 5.75 Å². The summed E-state index contributed by atoms with van der Waals surface area (Å²) in [5.74, 6) is -0.868. The lowest BCUT2D eigenvalue weighted by Crippen LogP contribution is -2.37. The van der Waals surface area contributed by atoms with Crippen molar-refractivity contribution in [1.82, 2.24) is 9.55 Å². The van der Waals surface area contributed by atoms with Gasteiger partial charge in [-0.1, -0.05) is 29.3 Å². The van der Waals surface area contributed by atoms with Crippen LogP contribution in [0.5, 0.6) is 5.75 Å². The van der Waals surface area contributed by atoms with Gasteiger partial charge in [0.2, 0.25) is 5.78 Å². The number of ketones is 1. The summed E-state index contributed by atoms with van der Waals surface area (Å²) in [6.45, 7) is -0.274. The van der Waals surface area contributed by atoms with E-state index in [9.17, 15) is 14.4 Å². The second-order valence-corrected chi connectivity index (χ2v) is 5.74. The molecule has 8 nitrogen and oxygen atoms in total. The molecule has 134 valence electrons. The van der Waals surface area contributed by atoms with E-state index in [1.807, 2.05) is 4.98 Å². The molecule has 0 aliphatic carbocycles. The van der Waals surface area contributed by atoms with Crippen LogP contribution < -0.4 is 21.7 Å². The first kappa shape index (κ1) is 19.0. The van der Waals surface area contributed by atoms with Crippen molar-refractivity contribution in [1.29, 1.82) is 0 Å². The Balaban J connectivity index is 2.30. The number of aromatic amines is 1. The van der Waals surface area contributed by atoms with E-state index in [1.165, 1.54) is 7.11 Å². The number of halogens is 2. The predicted molar refractivity (Wildman–Crippen MR) is 93.9 cm³/mol. The largest absolute Gasteiger partial charge is 0.482 e. The summed E-state index contributed by atoms with van der Waals surface area (Å²) in [4.78, 5) is 38.2. The fraction of sp³-hybridized carbons (Fsp3) is 0.267. The monoisotopic (exact) mass is 387 g/mol. The Kier molecular flexibility index (Phi) is 6.24. The second kappa shape index (κ2) is 8.19. The Bertz CT molecular complexity index is 887. The maximum absolute atomic E-state index is 12.4. The van der Waals surface area contributed by atoms with Gasteiger partial charge in [-0.3, -0.25) is 19.1 Å². The highest BCUT2D eigenvalue weighted by molar-refractivity contribution is 6.37. The van der Waals surface area contributed by atoms with Gasteiger partial charge in [0, 0.05) is 7.11 Å². The minimum absolute atomic E-state index is 0.0788. The number of methoxy groups -OCH3 is 1. The predicted octanol–water partition coefficient (Wildman–Crippen LogP) is 1.33. The van der Waals surface area contributed by atoms with Gasteiger partial charge < -0.3 is 15.2 Å². The highest BCUT2D eigenvalue weighted by Gasteiger charge is 2.20. The molecule has 0 amide bonds. The van der Waals surface area contributed by atoms with Crippen LogP contribution in [0, 0.1) is 0 Å². The minimum atomic E-state index is -0.893. The van der Waals surface area contributed by atoms with Crippen LogP contribution in [0.1, 0.15) is 10.4 Å². The lowest BCUT2D eigenvalue weighted by molar-refractivity contribution is 0.0920. The lowest BCUT2D eigenvalue weighted by atomic mass is 10.2. The quantitative estimate of drug-likeness (QED) is 0.692. The average Bonchev–Trinajstić information content (AvgIpc) is 2.54. The van der Waals surface area contributed by atoms with Gasteiger partial charge in [-0.2, -0.15) is 0 Å². The molecule has 2 rings (SSSR count). The Hall–Kier alpha value is -2.29. The van der Waals surface area contributed by atoms with E-state index in [1.54, 1.807) is 18.2 Å². The van der Waals surface area contributed by atoms with E-state index >= 15 is 0 Å².